The Bertz CT molecular complexity index is 3710. The first kappa shape index (κ1) is 38.3. The summed E-state index contributed by atoms with van der Waals surface area (Å²) in [6.45, 7) is 6.61. The Balaban J connectivity index is 1.19. The average Bonchev–Trinajstić information content (AvgIpc) is 3.87. The van der Waals surface area contributed by atoms with Crippen molar-refractivity contribution in [2.45, 2.75) is 20.8 Å². The molecule has 0 radical (unpaired) electrons. The molecule has 0 N–H and O–H groups in total. The van der Waals surface area contributed by atoms with E-state index in [4.69, 9.17) is 15.0 Å². The predicted molar refractivity (Wildman–Crippen MR) is 270 cm³/mol. The van der Waals surface area contributed by atoms with E-state index in [9.17, 15) is 0 Å². The minimum absolute atomic E-state index is 0.595. The van der Waals surface area contributed by atoms with Crippen LogP contribution in [0.15, 0.2) is 206 Å². The molecule has 0 aliphatic carbocycles. The number of benzene rings is 9. The summed E-state index contributed by atoms with van der Waals surface area (Å²) in [6, 6.07) is 73.6. The second kappa shape index (κ2) is 15.4. The highest BCUT2D eigenvalue weighted by atomic mass is 15.1. The molecule has 5 heteroatoms. The van der Waals surface area contributed by atoms with Crippen LogP contribution in [-0.2, 0) is 0 Å². The number of hydrogen-bond donors (Lipinski definition) is 0. The molecule has 0 amide bonds. The molecule has 65 heavy (non-hydrogen) atoms. The zero-order valence-corrected chi connectivity index (χ0v) is 36.4. The first-order valence-electron chi connectivity index (χ1n) is 22.2. The van der Waals surface area contributed by atoms with E-state index in [1.165, 1.54) is 49.4 Å². The fraction of sp³-hybridized carbons (Fsp3) is 0.0500. The zero-order valence-electron chi connectivity index (χ0n) is 36.4. The lowest BCUT2D eigenvalue weighted by molar-refractivity contribution is 1.06. The highest BCUT2D eigenvalue weighted by Crippen LogP contribution is 2.43. The van der Waals surface area contributed by atoms with Crippen molar-refractivity contribution >= 4 is 43.6 Å². The molecule has 9 aromatic carbocycles. The summed E-state index contributed by atoms with van der Waals surface area (Å²) in [5.41, 5.74) is 17.8. The van der Waals surface area contributed by atoms with Crippen LogP contribution >= 0.6 is 0 Å². The minimum Gasteiger partial charge on any atom is -0.309 e. The van der Waals surface area contributed by atoms with Gasteiger partial charge in [0.25, 0.3) is 0 Å². The molecule has 0 saturated heterocycles. The molecular weight excluding hydrogens is 791 g/mol. The highest BCUT2D eigenvalue weighted by Gasteiger charge is 2.23. The Kier molecular flexibility index (Phi) is 9.09. The van der Waals surface area contributed by atoms with Gasteiger partial charge < -0.3 is 9.13 Å². The van der Waals surface area contributed by atoms with Crippen molar-refractivity contribution in [2.24, 2.45) is 0 Å². The first-order valence-corrected chi connectivity index (χ1v) is 22.2. The lowest BCUT2D eigenvalue weighted by atomic mass is 9.93. The van der Waals surface area contributed by atoms with Crippen LogP contribution in [-0.4, -0.2) is 24.1 Å². The average molecular weight is 834 g/mol. The largest absolute Gasteiger partial charge is 0.309 e. The standard InChI is InChI=1S/C60H43N5/c1-38-34-39(2)56(40(3)35-38)44-30-32-49-47-24-13-16-29-53(47)65(55(49)37-44)54-33-31-43(46-26-17-27-50-48-25-14-15-28-52(48)64(57(46)50)45-22-11-6-12-23-45)36-51(54)60-62-58(41-18-7-4-8-19-41)61-59(63-60)42-20-9-5-10-21-42/h4-37H,1-3H3. The van der Waals surface area contributed by atoms with E-state index in [1.807, 2.05) is 36.4 Å². The fourth-order valence-electron chi connectivity index (χ4n) is 10.1. The molecular formula is C60H43N5. The number of rotatable bonds is 7. The maximum atomic E-state index is 5.38. The summed E-state index contributed by atoms with van der Waals surface area (Å²) in [5.74, 6) is 1.83. The van der Waals surface area contributed by atoms with Crippen LogP contribution in [0.5, 0.6) is 0 Å². The Morgan fingerprint density at radius 1 is 0.338 bits per heavy atom. The van der Waals surface area contributed by atoms with Gasteiger partial charge in [-0.05, 0) is 91.1 Å². The van der Waals surface area contributed by atoms with Crippen LogP contribution in [0.3, 0.4) is 0 Å². The summed E-state index contributed by atoms with van der Waals surface area (Å²) < 4.78 is 4.82. The van der Waals surface area contributed by atoms with Gasteiger partial charge in [-0.1, -0.05) is 169 Å². The summed E-state index contributed by atoms with van der Waals surface area (Å²) in [5, 5.41) is 4.78. The minimum atomic E-state index is 0.595. The lowest BCUT2D eigenvalue weighted by Crippen LogP contribution is -2.04. The Hall–Kier alpha value is -8.41. The number of nitrogens with zero attached hydrogens (tertiary/aromatic N) is 5. The van der Waals surface area contributed by atoms with Crippen LogP contribution < -0.4 is 0 Å². The third-order valence-electron chi connectivity index (χ3n) is 12.8. The summed E-state index contributed by atoms with van der Waals surface area (Å²) >= 11 is 0. The molecule has 0 aliphatic heterocycles. The number of aryl methyl sites for hydroxylation is 3. The van der Waals surface area contributed by atoms with Gasteiger partial charge in [0.2, 0.25) is 0 Å². The molecule has 0 unspecified atom stereocenters. The van der Waals surface area contributed by atoms with Crippen molar-refractivity contribution in [2.75, 3.05) is 0 Å². The molecule has 0 fully saturated rings. The maximum absolute atomic E-state index is 5.38. The Morgan fingerprint density at radius 3 is 1.52 bits per heavy atom. The van der Waals surface area contributed by atoms with Gasteiger partial charge in [0.1, 0.15) is 0 Å². The van der Waals surface area contributed by atoms with Crippen LogP contribution in [0.2, 0.25) is 0 Å². The summed E-state index contributed by atoms with van der Waals surface area (Å²) in [4.78, 5) is 15.9. The van der Waals surface area contributed by atoms with E-state index in [0.29, 0.717) is 17.5 Å². The van der Waals surface area contributed by atoms with Gasteiger partial charge in [-0.3, -0.25) is 0 Å². The third kappa shape index (κ3) is 6.43. The quantitative estimate of drug-likeness (QED) is 0.161. The predicted octanol–water partition coefficient (Wildman–Crippen LogP) is 15.3. The van der Waals surface area contributed by atoms with E-state index < -0.39 is 0 Å². The molecule has 12 rings (SSSR count). The first-order chi connectivity index (χ1) is 32.0. The maximum Gasteiger partial charge on any atom is 0.166 e. The molecule has 5 nitrogen and oxygen atoms in total. The number of hydrogen-bond acceptors (Lipinski definition) is 3. The second-order valence-electron chi connectivity index (χ2n) is 17.0. The van der Waals surface area contributed by atoms with E-state index in [-0.39, 0.29) is 0 Å². The Morgan fingerprint density at radius 2 is 0.862 bits per heavy atom. The molecule has 3 aromatic heterocycles. The molecule has 12 aromatic rings. The van der Waals surface area contributed by atoms with Gasteiger partial charge >= 0.3 is 0 Å². The van der Waals surface area contributed by atoms with Gasteiger partial charge in [-0.25, -0.2) is 15.0 Å². The molecule has 0 atom stereocenters. The van der Waals surface area contributed by atoms with Crippen LogP contribution in [0, 0.1) is 20.8 Å². The van der Waals surface area contributed by atoms with Crippen molar-refractivity contribution in [1.29, 1.82) is 0 Å². The Labute approximate surface area is 377 Å². The monoisotopic (exact) mass is 833 g/mol. The van der Waals surface area contributed by atoms with E-state index in [0.717, 1.165) is 61.3 Å². The van der Waals surface area contributed by atoms with Gasteiger partial charge in [0.15, 0.2) is 17.5 Å². The van der Waals surface area contributed by atoms with Crippen LogP contribution in [0.4, 0.5) is 0 Å². The van der Waals surface area contributed by atoms with Crippen molar-refractivity contribution in [3.05, 3.63) is 223 Å². The lowest BCUT2D eigenvalue weighted by Gasteiger charge is -2.18. The second-order valence-corrected chi connectivity index (χ2v) is 17.0. The molecule has 0 spiro atoms. The molecule has 3 heterocycles. The van der Waals surface area contributed by atoms with E-state index in [1.54, 1.807) is 0 Å². The molecule has 0 aliphatic rings. The number of fused-ring (bicyclic) bond motifs is 6. The van der Waals surface area contributed by atoms with Crippen LogP contribution in [0.1, 0.15) is 16.7 Å². The van der Waals surface area contributed by atoms with Gasteiger partial charge in [0, 0.05) is 49.5 Å². The SMILES string of the molecule is Cc1cc(C)c(-c2ccc3c4ccccc4n(-c4ccc(-c5cccc6c7ccccc7n(-c7ccccc7)c56)cc4-c4nc(-c5ccccc5)nc(-c5ccccc5)n4)c3c2)c(C)c1. The molecule has 0 bridgehead atoms. The van der Waals surface area contributed by atoms with E-state index in [2.05, 4.69) is 200 Å². The van der Waals surface area contributed by atoms with Gasteiger partial charge in [-0.15, -0.1) is 0 Å². The topological polar surface area (TPSA) is 48.5 Å². The van der Waals surface area contributed by atoms with Crippen molar-refractivity contribution in [1.82, 2.24) is 24.1 Å². The van der Waals surface area contributed by atoms with Crippen molar-refractivity contribution in [3.63, 3.8) is 0 Å². The third-order valence-corrected chi connectivity index (χ3v) is 12.8. The fourth-order valence-corrected chi connectivity index (χ4v) is 10.1. The number of aromatic nitrogens is 5. The molecule has 308 valence electrons. The zero-order chi connectivity index (χ0) is 43.6. The van der Waals surface area contributed by atoms with Gasteiger partial charge in [0.05, 0.1) is 27.8 Å². The van der Waals surface area contributed by atoms with Crippen molar-refractivity contribution in [3.8, 4) is 67.8 Å². The highest BCUT2D eigenvalue weighted by molar-refractivity contribution is 6.14. The van der Waals surface area contributed by atoms with Crippen LogP contribution in [0.25, 0.3) is 111 Å². The van der Waals surface area contributed by atoms with E-state index >= 15 is 0 Å². The summed E-state index contributed by atoms with van der Waals surface area (Å²) in [7, 11) is 0. The normalized spacial score (nSPS) is 11.6. The molecule has 0 saturated carbocycles. The van der Waals surface area contributed by atoms with Gasteiger partial charge in [-0.2, -0.15) is 0 Å². The summed E-state index contributed by atoms with van der Waals surface area (Å²) in [6.07, 6.45) is 0. The van der Waals surface area contributed by atoms with Crippen molar-refractivity contribution < 1.29 is 0 Å². The number of para-hydroxylation sites is 4. The smallest absolute Gasteiger partial charge is 0.166 e.